The van der Waals surface area contributed by atoms with Crippen LogP contribution in [0.5, 0.6) is 11.5 Å². The van der Waals surface area contributed by atoms with Crippen molar-refractivity contribution in [2.75, 3.05) is 12.0 Å². The molecule has 1 aromatic rings. The summed E-state index contributed by atoms with van der Waals surface area (Å²) < 4.78 is 5.83. The number of hydrogen-bond acceptors (Lipinski definition) is 7. The molecule has 1 aromatic carbocycles. The number of nitrogens with zero attached hydrogens (tertiary/aromatic N) is 3. The Morgan fingerprint density at radius 3 is 2.61 bits per heavy atom. The third-order valence-electron chi connectivity index (χ3n) is 4.34. The van der Waals surface area contributed by atoms with Crippen LogP contribution in [-0.2, 0) is 0 Å². The summed E-state index contributed by atoms with van der Waals surface area (Å²) in [7, 11) is 1.57. The van der Waals surface area contributed by atoms with Gasteiger partial charge in [0.1, 0.15) is 11.4 Å². The number of aliphatic imine (C=N–C) groups is 2. The fourth-order valence-electron chi connectivity index (χ4n) is 3.32. The van der Waals surface area contributed by atoms with Gasteiger partial charge in [-0.25, -0.2) is 4.99 Å². The largest absolute Gasteiger partial charge is 0.505 e. The molecule has 23 heavy (non-hydrogen) atoms. The van der Waals surface area contributed by atoms with E-state index >= 15 is 0 Å². The summed E-state index contributed by atoms with van der Waals surface area (Å²) in [5, 5.41) is 10.5. The molecule has 0 aromatic heterocycles. The highest BCUT2D eigenvalue weighted by Crippen LogP contribution is 2.45. The van der Waals surface area contributed by atoms with Gasteiger partial charge < -0.3 is 21.3 Å². The van der Waals surface area contributed by atoms with Gasteiger partial charge in [-0.3, -0.25) is 4.90 Å². The summed E-state index contributed by atoms with van der Waals surface area (Å²) in [4.78, 5) is 10.5. The molecular weight excluding hydrogens is 362 g/mol. The molecule has 1 aliphatic heterocycles. The molecule has 0 radical (unpaired) electrons. The molecule has 3 rings (SSSR count). The number of rotatable bonds is 2. The van der Waals surface area contributed by atoms with E-state index in [2.05, 4.69) is 25.9 Å². The van der Waals surface area contributed by atoms with Gasteiger partial charge >= 0.3 is 0 Å². The zero-order valence-corrected chi connectivity index (χ0v) is 14.5. The molecule has 0 bridgehead atoms. The van der Waals surface area contributed by atoms with Crippen molar-refractivity contribution in [3.05, 3.63) is 16.6 Å². The van der Waals surface area contributed by atoms with Crippen molar-refractivity contribution >= 4 is 33.5 Å². The minimum absolute atomic E-state index is 0.0737. The number of halogens is 1. The van der Waals surface area contributed by atoms with E-state index in [0.717, 1.165) is 32.1 Å². The fraction of sp³-hybridized carbons (Fsp3) is 0.467. The molecule has 8 heteroatoms. The Kier molecular flexibility index (Phi) is 4.09. The number of hydrogen-bond donors (Lipinski definition) is 3. The Morgan fingerprint density at radius 1 is 1.26 bits per heavy atom. The highest BCUT2D eigenvalue weighted by Gasteiger charge is 2.43. The van der Waals surface area contributed by atoms with Gasteiger partial charge in [0.05, 0.1) is 17.3 Å². The van der Waals surface area contributed by atoms with Crippen LogP contribution in [0.2, 0.25) is 0 Å². The van der Waals surface area contributed by atoms with Crippen molar-refractivity contribution in [1.29, 1.82) is 0 Å². The van der Waals surface area contributed by atoms with E-state index in [1.165, 1.54) is 0 Å². The van der Waals surface area contributed by atoms with Crippen LogP contribution in [0.3, 0.4) is 0 Å². The molecule has 2 aliphatic rings. The summed E-state index contributed by atoms with van der Waals surface area (Å²) >= 11 is 3.35. The van der Waals surface area contributed by atoms with E-state index < -0.39 is 5.66 Å². The number of phenolic OH excluding ortho intramolecular Hbond substituents is 1. The first-order chi connectivity index (χ1) is 11.0. The number of ether oxygens (including phenoxy) is 1. The maximum atomic E-state index is 10.5. The second kappa shape index (κ2) is 5.92. The third kappa shape index (κ3) is 2.71. The molecule has 0 atom stereocenters. The molecule has 7 nitrogen and oxygen atoms in total. The summed E-state index contributed by atoms with van der Waals surface area (Å²) in [6.45, 7) is 0. The van der Waals surface area contributed by atoms with Crippen LogP contribution in [0, 0.1) is 0 Å². The van der Waals surface area contributed by atoms with E-state index in [0.29, 0.717) is 15.9 Å². The summed E-state index contributed by atoms with van der Waals surface area (Å²) in [5.74, 6) is 1.09. The van der Waals surface area contributed by atoms with Gasteiger partial charge in [-0.05, 0) is 47.7 Å². The van der Waals surface area contributed by atoms with Gasteiger partial charge in [0.15, 0.2) is 5.75 Å². The second-order valence-corrected chi connectivity index (χ2v) is 6.65. The van der Waals surface area contributed by atoms with Gasteiger partial charge in [0.25, 0.3) is 0 Å². The molecule has 1 spiro atoms. The van der Waals surface area contributed by atoms with Gasteiger partial charge in [-0.2, -0.15) is 4.99 Å². The lowest BCUT2D eigenvalue weighted by atomic mass is 9.87. The SMILES string of the molecule is COc1cc(Br)c(O)c(N2C(N)=NC(N)=NC23CCCCC3)c1. The molecular formula is C15H20BrN5O2. The maximum absolute atomic E-state index is 10.5. The Bertz CT molecular complexity index is 683. The van der Waals surface area contributed by atoms with E-state index in [-0.39, 0.29) is 17.7 Å². The highest BCUT2D eigenvalue weighted by molar-refractivity contribution is 9.10. The first-order valence-electron chi connectivity index (χ1n) is 7.53. The summed E-state index contributed by atoms with van der Waals surface area (Å²) in [5.41, 5.74) is 11.9. The number of anilines is 1. The van der Waals surface area contributed by atoms with E-state index in [9.17, 15) is 5.11 Å². The standard InChI is InChI=1S/C15H20BrN5O2/c1-23-9-7-10(16)12(22)11(8-9)21-14(18)19-13(17)20-15(21)5-3-2-4-6-15/h7-8,22H,2-6H2,1H3,(H4,17,18,19,20). The van der Waals surface area contributed by atoms with Gasteiger partial charge in [0, 0.05) is 6.07 Å². The number of nitrogens with two attached hydrogens (primary N) is 2. The average molecular weight is 382 g/mol. The van der Waals surface area contributed by atoms with Crippen LogP contribution in [0.15, 0.2) is 26.6 Å². The predicted octanol–water partition coefficient (Wildman–Crippen LogP) is 2.27. The molecule has 1 heterocycles. The first-order valence-corrected chi connectivity index (χ1v) is 8.32. The van der Waals surface area contributed by atoms with Crippen LogP contribution in [0.25, 0.3) is 0 Å². The van der Waals surface area contributed by atoms with Gasteiger partial charge in [-0.15, -0.1) is 0 Å². The number of phenols is 1. The van der Waals surface area contributed by atoms with Crippen LogP contribution in [0.1, 0.15) is 32.1 Å². The monoisotopic (exact) mass is 381 g/mol. The Hall–Kier alpha value is -1.96. The van der Waals surface area contributed by atoms with Gasteiger partial charge in [0.2, 0.25) is 11.9 Å². The Labute approximate surface area is 143 Å². The van der Waals surface area contributed by atoms with Crippen molar-refractivity contribution in [1.82, 2.24) is 0 Å². The first kappa shape index (κ1) is 15.9. The van der Waals surface area contributed by atoms with Crippen LogP contribution in [0.4, 0.5) is 5.69 Å². The number of aromatic hydroxyl groups is 1. The van der Waals surface area contributed by atoms with Crippen molar-refractivity contribution in [3.63, 3.8) is 0 Å². The van der Waals surface area contributed by atoms with E-state index in [1.807, 2.05) is 0 Å². The summed E-state index contributed by atoms with van der Waals surface area (Å²) in [6, 6.07) is 3.43. The minimum Gasteiger partial charge on any atom is -0.505 e. The molecule has 0 saturated heterocycles. The molecule has 124 valence electrons. The molecule has 1 fully saturated rings. The van der Waals surface area contributed by atoms with Crippen LogP contribution >= 0.6 is 15.9 Å². The lowest BCUT2D eigenvalue weighted by Gasteiger charge is -2.45. The second-order valence-electron chi connectivity index (χ2n) is 5.80. The number of guanidine groups is 2. The zero-order valence-electron chi connectivity index (χ0n) is 12.9. The quantitative estimate of drug-likeness (QED) is 0.727. The lowest BCUT2D eigenvalue weighted by Crippen LogP contribution is -2.58. The molecule has 0 unspecified atom stereocenters. The average Bonchev–Trinajstić information content (AvgIpc) is 2.51. The van der Waals surface area contributed by atoms with E-state index in [1.54, 1.807) is 24.1 Å². The van der Waals surface area contributed by atoms with Crippen molar-refractivity contribution in [2.45, 2.75) is 37.8 Å². The normalized spacial score (nSPS) is 20.2. The van der Waals surface area contributed by atoms with Crippen molar-refractivity contribution < 1.29 is 9.84 Å². The smallest absolute Gasteiger partial charge is 0.220 e. The minimum atomic E-state index is -0.600. The van der Waals surface area contributed by atoms with E-state index in [4.69, 9.17) is 16.2 Å². The predicted molar refractivity (Wildman–Crippen MR) is 93.9 cm³/mol. The van der Waals surface area contributed by atoms with Gasteiger partial charge in [-0.1, -0.05) is 6.42 Å². The van der Waals surface area contributed by atoms with Crippen molar-refractivity contribution in [2.24, 2.45) is 21.5 Å². The molecule has 1 saturated carbocycles. The molecule has 1 aliphatic carbocycles. The topological polar surface area (TPSA) is 109 Å². The van der Waals surface area contributed by atoms with Crippen LogP contribution in [-0.4, -0.2) is 29.8 Å². The Morgan fingerprint density at radius 2 is 1.96 bits per heavy atom. The number of benzene rings is 1. The molecule has 5 N–H and O–H groups in total. The Balaban J connectivity index is 2.16. The van der Waals surface area contributed by atoms with Crippen molar-refractivity contribution in [3.8, 4) is 11.5 Å². The fourth-order valence-corrected chi connectivity index (χ4v) is 3.75. The molecule has 0 amide bonds. The zero-order chi connectivity index (χ0) is 16.6. The lowest BCUT2D eigenvalue weighted by molar-refractivity contribution is 0.303. The highest BCUT2D eigenvalue weighted by atomic mass is 79.9. The summed E-state index contributed by atoms with van der Waals surface area (Å²) in [6.07, 6.45) is 4.80. The van der Waals surface area contributed by atoms with Crippen LogP contribution < -0.4 is 21.1 Å². The maximum Gasteiger partial charge on any atom is 0.220 e. The number of methoxy groups -OCH3 is 1. The third-order valence-corrected chi connectivity index (χ3v) is 4.95.